The molecule has 0 atom stereocenters. The second-order valence-corrected chi connectivity index (χ2v) is 4.72. The molecule has 18 heavy (non-hydrogen) atoms. The van der Waals surface area contributed by atoms with Crippen molar-refractivity contribution in [3.8, 4) is 0 Å². The van der Waals surface area contributed by atoms with Crippen molar-refractivity contribution in [3.63, 3.8) is 0 Å². The van der Waals surface area contributed by atoms with Crippen molar-refractivity contribution < 1.29 is 0 Å². The number of aromatic amines is 1. The van der Waals surface area contributed by atoms with Gasteiger partial charge in [0.2, 0.25) is 0 Å². The van der Waals surface area contributed by atoms with E-state index in [1.54, 1.807) is 0 Å². The van der Waals surface area contributed by atoms with Crippen molar-refractivity contribution in [3.05, 3.63) is 36.3 Å². The van der Waals surface area contributed by atoms with Gasteiger partial charge in [0.25, 0.3) is 0 Å². The van der Waals surface area contributed by atoms with Gasteiger partial charge in [-0.1, -0.05) is 0 Å². The summed E-state index contributed by atoms with van der Waals surface area (Å²) < 4.78 is 0. The molecule has 0 bridgehead atoms. The molecule has 2 aromatic rings. The monoisotopic (exact) mass is 243 g/mol. The van der Waals surface area contributed by atoms with Crippen molar-refractivity contribution in [2.75, 3.05) is 23.7 Å². The fourth-order valence-corrected chi connectivity index (χ4v) is 2.54. The van der Waals surface area contributed by atoms with Crippen LogP contribution in [0.3, 0.4) is 0 Å². The average Bonchev–Trinajstić information content (AvgIpc) is 2.87. The third kappa shape index (κ3) is 2.16. The van der Waals surface area contributed by atoms with Gasteiger partial charge in [0.1, 0.15) is 5.82 Å². The number of rotatable bonds is 2. The van der Waals surface area contributed by atoms with Gasteiger partial charge in [-0.2, -0.15) is 5.10 Å². The number of anilines is 2. The highest BCUT2D eigenvalue weighted by molar-refractivity contribution is 5.44. The number of aromatic nitrogens is 3. The molecule has 1 saturated heterocycles. The van der Waals surface area contributed by atoms with Crippen LogP contribution in [0, 0.1) is 0 Å². The Bertz CT molecular complexity index is 499. The van der Waals surface area contributed by atoms with Crippen LogP contribution in [-0.4, -0.2) is 28.3 Å². The molecule has 0 spiro atoms. The van der Waals surface area contributed by atoms with Crippen molar-refractivity contribution in [1.82, 2.24) is 15.2 Å². The molecule has 3 rings (SSSR count). The summed E-state index contributed by atoms with van der Waals surface area (Å²) in [5, 5.41) is 7.07. The van der Waals surface area contributed by atoms with Gasteiger partial charge in [0, 0.05) is 31.3 Å². The zero-order chi connectivity index (χ0) is 12.4. The van der Waals surface area contributed by atoms with Crippen LogP contribution in [0.4, 0.5) is 11.5 Å². The summed E-state index contributed by atoms with van der Waals surface area (Å²) in [5.41, 5.74) is 7.97. The van der Waals surface area contributed by atoms with Crippen molar-refractivity contribution in [1.29, 1.82) is 0 Å². The Kier molecular flexibility index (Phi) is 2.88. The van der Waals surface area contributed by atoms with E-state index in [1.165, 1.54) is 5.69 Å². The smallest absolute Gasteiger partial charge is 0.119 e. The molecular weight excluding hydrogens is 226 g/mol. The van der Waals surface area contributed by atoms with Gasteiger partial charge < -0.3 is 10.6 Å². The third-order valence-electron chi connectivity index (χ3n) is 3.54. The van der Waals surface area contributed by atoms with Crippen LogP contribution < -0.4 is 10.6 Å². The Balaban J connectivity index is 1.65. The minimum Gasteiger partial charge on any atom is -0.384 e. The first kappa shape index (κ1) is 11.1. The molecule has 0 saturated carbocycles. The van der Waals surface area contributed by atoms with Crippen LogP contribution in [0.2, 0.25) is 0 Å². The van der Waals surface area contributed by atoms with E-state index >= 15 is 0 Å². The first-order chi connectivity index (χ1) is 8.83. The standard InChI is InChI=1S/C13H17N5/c14-13-8-12(16-17-13)10-3-6-18(7-4-10)11-2-1-5-15-9-11/h1-2,5,8-10H,3-4,6-7H2,(H3,14,16,17). The first-order valence-electron chi connectivity index (χ1n) is 6.28. The number of nitrogens with one attached hydrogen (secondary N) is 1. The van der Waals surface area contributed by atoms with E-state index in [0.717, 1.165) is 31.6 Å². The molecule has 1 aliphatic heterocycles. The molecule has 0 aromatic carbocycles. The number of nitrogens with two attached hydrogens (primary N) is 1. The maximum atomic E-state index is 5.67. The highest BCUT2D eigenvalue weighted by Gasteiger charge is 2.22. The lowest BCUT2D eigenvalue weighted by Crippen LogP contribution is -2.32. The second-order valence-electron chi connectivity index (χ2n) is 4.72. The Labute approximate surface area is 106 Å². The number of pyridine rings is 1. The van der Waals surface area contributed by atoms with E-state index in [9.17, 15) is 0 Å². The number of piperidine rings is 1. The van der Waals surface area contributed by atoms with Crippen LogP contribution in [-0.2, 0) is 0 Å². The molecule has 0 amide bonds. The van der Waals surface area contributed by atoms with Gasteiger partial charge in [-0.25, -0.2) is 0 Å². The molecule has 0 unspecified atom stereocenters. The Morgan fingerprint density at radius 1 is 1.33 bits per heavy atom. The largest absolute Gasteiger partial charge is 0.384 e. The summed E-state index contributed by atoms with van der Waals surface area (Å²) in [5.74, 6) is 1.17. The summed E-state index contributed by atoms with van der Waals surface area (Å²) in [7, 11) is 0. The zero-order valence-electron chi connectivity index (χ0n) is 10.2. The summed E-state index contributed by atoms with van der Waals surface area (Å²) in [6.45, 7) is 2.09. The Morgan fingerprint density at radius 2 is 2.17 bits per heavy atom. The molecule has 5 heteroatoms. The van der Waals surface area contributed by atoms with E-state index in [2.05, 4.69) is 26.1 Å². The number of nitrogen functional groups attached to an aromatic ring is 1. The number of H-pyrrole nitrogens is 1. The molecule has 0 aliphatic carbocycles. The van der Waals surface area contributed by atoms with Gasteiger partial charge in [-0.3, -0.25) is 10.1 Å². The lowest BCUT2D eigenvalue weighted by Gasteiger charge is -2.32. The summed E-state index contributed by atoms with van der Waals surface area (Å²) in [6, 6.07) is 6.04. The van der Waals surface area contributed by atoms with Crippen molar-refractivity contribution in [2.24, 2.45) is 0 Å². The van der Waals surface area contributed by atoms with Gasteiger partial charge in [-0.05, 0) is 25.0 Å². The maximum absolute atomic E-state index is 5.67. The average molecular weight is 243 g/mol. The van der Waals surface area contributed by atoms with Crippen molar-refractivity contribution >= 4 is 11.5 Å². The maximum Gasteiger partial charge on any atom is 0.119 e. The van der Waals surface area contributed by atoms with E-state index in [1.807, 2.05) is 24.5 Å². The van der Waals surface area contributed by atoms with Crippen LogP contribution in [0.25, 0.3) is 0 Å². The fourth-order valence-electron chi connectivity index (χ4n) is 2.54. The SMILES string of the molecule is Nc1cc(C2CCN(c3cccnc3)CC2)n[nH]1. The molecule has 3 heterocycles. The lowest BCUT2D eigenvalue weighted by molar-refractivity contribution is 0.495. The van der Waals surface area contributed by atoms with E-state index in [0.29, 0.717) is 11.7 Å². The van der Waals surface area contributed by atoms with Gasteiger partial charge in [0.15, 0.2) is 0 Å². The summed E-state index contributed by atoms with van der Waals surface area (Å²) in [4.78, 5) is 6.54. The normalized spacial score (nSPS) is 17.0. The predicted octanol–water partition coefficient (Wildman–Crippen LogP) is 1.77. The molecule has 1 fully saturated rings. The lowest BCUT2D eigenvalue weighted by atomic mass is 9.93. The summed E-state index contributed by atoms with van der Waals surface area (Å²) >= 11 is 0. The number of nitrogens with zero attached hydrogens (tertiary/aromatic N) is 3. The first-order valence-corrected chi connectivity index (χ1v) is 6.28. The van der Waals surface area contributed by atoms with Crippen molar-refractivity contribution in [2.45, 2.75) is 18.8 Å². The topological polar surface area (TPSA) is 70.8 Å². The van der Waals surface area contributed by atoms with Crippen LogP contribution in [0.1, 0.15) is 24.5 Å². The van der Waals surface area contributed by atoms with Crippen LogP contribution >= 0.6 is 0 Å². The van der Waals surface area contributed by atoms with Crippen LogP contribution in [0.15, 0.2) is 30.6 Å². The molecule has 2 aromatic heterocycles. The summed E-state index contributed by atoms with van der Waals surface area (Å²) in [6.07, 6.45) is 5.95. The Hall–Kier alpha value is -2.04. The van der Waals surface area contributed by atoms with Crippen LogP contribution in [0.5, 0.6) is 0 Å². The molecule has 94 valence electrons. The molecule has 0 radical (unpaired) electrons. The third-order valence-corrected chi connectivity index (χ3v) is 3.54. The predicted molar refractivity (Wildman–Crippen MR) is 71.4 cm³/mol. The number of hydrogen-bond donors (Lipinski definition) is 2. The molecule has 5 nitrogen and oxygen atoms in total. The number of hydrogen-bond acceptors (Lipinski definition) is 4. The van der Waals surface area contributed by atoms with Gasteiger partial charge in [0.05, 0.1) is 17.6 Å². The Morgan fingerprint density at radius 3 is 2.78 bits per heavy atom. The second kappa shape index (κ2) is 4.68. The van der Waals surface area contributed by atoms with Gasteiger partial charge in [-0.15, -0.1) is 0 Å². The van der Waals surface area contributed by atoms with Gasteiger partial charge >= 0.3 is 0 Å². The molecule has 1 aliphatic rings. The highest BCUT2D eigenvalue weighted by atomic mass is 15.2. The minimum absolute atomic E-state index is 0.520. The van der Waals surface area contributed by atoms with E-state index in [-0.39, 0.29) is 0 Å². The van der Waals surface area contributed by atoms with E-state index in [4.69, 9.17) is 5.73 Å². The van der Waals surface area contributed by atoms with E-state index < -0.39 is 0 Å². The quantitative estimate of drug-likeness (QED) is 0.843. The molecule has 3 N–H and O–H groups in total. The molecular formula is C13H17N5. The highest BCUT2D eigenvalue weighted by Crippen LogP contribution is 2.29. The zero-order valence-corrected chi connectivity index (χ0v) is 10.2. The minimum atomic E-state index is 0.520. The fraction of sp³-hybridized carbons (Fsp3) is 0.385.